The van der Waals surface area contributed by atoms with Crippen LogP contribution >= 0.6 is 0 Å². The third kappa shape index (κ3) is 4.86. The first kappa shape index (κ1) is 11.5. The number of benzene rings is 1. The lowest BCUT2D eigenvalue weighted by atomic mass is 10.0. The number of rotatable bonds is 2. The summed E-state index contributed by atoms with van der Waals surface area (Å²) in [7, 11) is 0. The molecular formula is C11H16N2. The van der Waals surface area contributed by atoms with Crippen LogP contribution in [0.15, 0.2) is 24.3 Å². The highest BCUT2D eigenvalue weighted by molar-refractivity contribution is 5.39. The van der Waals surface area contributed by atoms with Crippen LogP contribution < -0.4 is 5.73 Å². The van der Waals surface area contributed by atoms with Gasteiger partial charge in [0.25, 0.3) is 0 Å². The van der Waals surface area contributed by atoms with E-state index >= 15 is 0 Å². The molecule has 0 aliphatic carbocycles. The first-order valence-corrected chi connectivity index (χ1v) is 4.28. The molecule has 0 saturated heterocycles. The molecule has 2 nitrogen and oxygen atoms in total. The SMILES string of the molecule is C#N.CC(C)Cc1ccc(N)cc1. The van der Waals surface area contributed by atoms with Crippen LogP contribution in [-0.2, 0) is 6.42 Å². The van der Waals surface area contributed by atoms with Gasteiger partial charge in [0, 0.05) is 12.3 Å². The van der Waals surface area contributed by atoms with Crippen molar-refractivity contribution >= 4 is 5.69 Å². The van der Waals surface area contributed by atoms with Crippen molar-refractivity contribution in [1.29, 1.82) is 5.26 Å². The van der Waals surface area contributed by atoms with Gasteiger partial charge in [-0.2, -0.15) is 0 Å². The van der Waals surface area contributed by atoms with Crippen molar-refractivity contribution in [2.45, 2.75) is 20.3 Å². The van der Waals surface area contributed by atoms with Crippen molar-refractivity contribution < 1.29 is 0 Å². The second-order valence-corrected chi connectivity index (χ2v) is 3.34. The molecule has 0 amide bonds. The van der Waals surface area contributed by atoms with E-state index in [2.05, 4.69) is 32.6 Å². The maximum Gasteiger partial charge on any atom is 0.0462 e. The van der Waals surface area contributed by atoms with Gasteiger partial charge in [-0.25, -0.2) is 5.26 Å². The highest BCUT2D eigenvalue weighted by Gasteiger charge is 1.95. The van der Waals surface area contributed by atoms with E-state index in [9.17, 15) is 0 Å². The Morgan fingerprint density at radius 2 is 1.69 bits per heavy atom. The van der Waals surface area contributed by atoms with Crippen molar-refractivity contribution in [3.05, 3.63) is 29.8 Å². The fourth-order valence-corrected chi connectivity index (χ4v) is 1.13. The minimum Gasteiger partial charge on any atom is -0.399 e. The monoisotopic (exact) mass is 176 g/mol. The predicted octanol–water partition coefficient (Wildman–Crippen LogP) is 2.61. The van der Waals surface area contributed by atoms with Gasteiger partial charge in [-0.05, 0) is 30.0 Å². The van der Waals surface area contributed by atoms with Crippen LogP contribution in [0, 0.1) is 17.8 Å². The molecule has 0 spiro atoms. The second kappa shape index (κ2) is 6.07. The van der Waals surface area contributed by atoms with Crippen LogP contribution in [0.2, 0.25) is 0 Å². The van der Waals surface area contributed by atoms with Crippen molar-refractivity contribution in [2.75, 3.05) is 5.73 Å². The number of nitrogen functional groups attached to an aromatic ring is 1. The number of anilines is 1. The van der Waals surface area contributed by atoms with Crippen LogP contribution in [0.3, 0.4) is 0 Å². The van der Waals surface area contributed by atoms with Gasteiger partial charge in [-0.15, -0.1) is 0 Å². The average molecular weight is 176 g/mol. The number of nitriles is 1. The van der Waals surface area contributed by atoms with Gasteiger partial charge >= 0.3 is 0 Å². The molecule has 13 heavy (non-hydrogen) atoms. The Balaban J connectivity index is 0.000000671. The molecule has 0 unspecified atom stereocenters. The summed E-state index contributed by atoms with van der Waals surface area (Å²) in [5.41, 5.74) is 7.77. The quantitative estimate of drug-likeness (QED) is 0.704. The molecule has 2 N–H and O–H groups in total. The van der Waals surface area contributed by atoms with Crippen LogP contribution in [0.4, 0.5) is 5.69 Å². The van der Waals surface area contributed by atoms with Gasteiger partial charge in [0.2, 0.25) is 0 Å². The maximum absolute atomic E-state index is 6.50. The fourth-order valence-electron chi connectivity index (χ4n) is 1.13. The fraction of sp³-hybridized carbons (Fsp3) is 0.364. The second-order valence-electron chi connectivity index (χ2n) is 3.34. The lowest BCUT2D eigenvalue weighted by Crippen LogP contribution is -1.94. The van der Waals surface area contributed by atoms with E-state index in [1.54, 1.807) is 0 Å². The van der Waals surface area contributed by atoms with Crippen molar-refractivity contribution in [1.82, 2.24) is 0 Å². The van der Waals surface area contributed by atoms with Gasteiger partial charge in [0.15, 0.2) is 0 Å². The Kier molecular flexibility index (Phi) is 5.38. The molecule has 0 aliphatic rings. The van der Waals surface area contributed by atoms with Crippen molar-refractivity contribution in [3.8, 4) is 6.57 Å². The van der Waals surface area contributed by atoms with Crippen LogP contribution in [-0.4, -0.2) is 0 Å². The molecule has 0 bridgehead atoms. The van der Waals surface area contributed by atoms with Crippen molar-refractivity contribution in [3.63, 3.8) is 0 Å². The van der Waals surface area contributed by atoms with E-state index in [0.717, 1.165) is 18.0 Å². The zero-order valence-corrected chi connectivity index (χ0v) is 8.20. The zero-order valence-electron chi connectivity index (χ0n) is 8.20. The lowest BCUT2D eigenvalue weighted by Gasteiger charge is -2.03. The molecule has 1 aromatic rings. The van der Waals surface area contributed by atoms with Gasteiger partial charge in [-0.3, -0.25) is 0 Å². The van der Waals surface area contributed by atoms with Gasteiger partial charge in [0.05, 0.1) is 0 Å². The van der Waals surface area contributed by atoms with Crippen LogP contribution in [0.5, 0.6) is 0 Å². The summed E-state index contributed by atoms with van der Waals surface area (Å²) in [5, 5.41) is 6.50. The zero-order chi connectivity index (χ0) is 10.3. The van der Waals surface area contributed by atoms with Crippen molar-refractivity contribution in [2.24, 2.45) is 5.92 Å². The summed E-state index contributed by atoms with van der Waals surface area (Å²) in [6.45, 7) is 7.94. The van der Waals surface area contributed by atoms with E-state index < -0.39 is 0 Å². The van der Waals surface area contributed by atoms with Crippen LogP contribution in [0.25, 0.3) is 0 Å². The smallest absolute Gasteiger partial charge is 0.0462 e. The van der Waals surface area contributed by atoms with E-state index in [1.165, 1.54) is 5.56 Å². The minimum absolute atomic E-state index is 0.721. The number of nitrogens with two attached hydrogens (primary N) is 1. The largest absolute Gasteiger partial charge is 0.399 e. The first-order valence-electron chi connectivity index (χ1n) is 4.28. The third-order valence-electron chi connectivity index (χ3n) is 1.62. The highest BCUT2D eigenvalue weighted by atomic mass is 14.5. The number of hydrogen-bond acceptors (Lipinski definition) is 2. The molecule has 2 heteroatoms. The van der Waals surface area contributed by atoms with E-state index in [4.69, 9.17) is 11.0 Å². The molecular weight excluding hydrogens is 160 g/mol. The highest BCUT2D eigenvalue weighted by Crippen LogP contribution is 2.09. The number of hydrogen-bond donors (Lipinski definition) is 1. The normalized spacial score (nSPS) is 9.00. The Bertz CT molecular complexity index is 247. The van der Waals surface area contributed by atoms with E-state index in [-0.39, 0.29) is 0 Å². The summed E-state index contributed by atoms with van der Waals surface area (Å²) in [4.78, 5) is 0. The van der Waals surface area contributed by atoms with Gasteiger partial charge in [0.1, 0.15) is 0 Å². The van der Waals surface area contributed by atoms with Crippen LogP contribution in [0.1, 0.15) is 19.4 Å². The average Bonchev–Trinajstić information content (AvgIpc) is 2.12. The summed E-state index contributed by atoms with van der Waals surface area (Å²) >= 11 is 0. The Morgan fingerprint density at radius 3 is 2.08 bits per heavy atom. The Labute approximate surface area is 80.0 Å². The molecule has 0 heterocycles. The molecule has 0 fully saturated rings. The summed E-state index contributed by atoms with van der Waals surface area (Å²) in [6, 6.07) is 8.10. The maximum atomic E-state index is 6.50. The molecule has 0 aliphatic heterocycles. The molecule has 0 radical (unpaired) electrons. The summed E-state index contributed by atoms with van der Waals surface area (Å²) in [5.74, 6) is 0.721. The van der Waals surface area contributed by atoms with Gasteiger partial charge < -0.3 is 5.73 Å². The molecule has 1 aromatic carbocycles. The van der Waals surface area contributed by atoms with E-state index in [0.29, 0.717) is 0 Å². The Hall–Kier alpha value is -1.49. The number of nitrogens with zero attached hydrogens (tertiary/aromatic N) is 1. The first-order chi connectivity index (χ1) is 6.18. The van der Waals surface area contributed by atoms with E-state index in [1.807, 2.05) is 12.1 Å². The van der Waals surface area contributed by atoms with Gasteiger partial charge in [-0.1, -0.05) is 26.0 Å². The minimum atomic E-state index is 0.721. The topological polar surface area (TPSA) is 49.8 Å². The summed E-state index contributed by atoms with van der Waals surface area (Å²) in [6.07, 6.45) is 1.14. The molecule has 0 aromatic heterocycles. The predicted molar refractivity (Wildman–Crippen MR) is 56.1 cm³/mol. The molecule has 0 saturated carbocycles. The lowest BCUT2D eigenvalue weighted by molar-refractivity contribution is 0.647. The third-order valence-corrected chi connectivity index (χ3v) is 1.62. The standard InChI is InChI=1S/C10H15N.CHN/c1-8(2)7-9-3-5-10(11)6-4-9;1-2/h3-6,8H,7,11H2,1-2H3;1H. The molecule has 70 valence electrons. The molecule has 0 atom stereocenters. The summed E-state index contributed by atoms with van der Waals surface area (Å²) < 4.78 is 0. The molecule has 1 rings (SSSR count). The Morgan fingerprint density at radius 1 is 1.23 bits per heavy atom.